The van der Waals surface area contributed by atoms with Crippen LogP contribution in [-0.4, -0.2) is 55.1 Å². The van der Waals surface area contributed by atoms with Gasteiger partial charge in [-0.15, -0.1) is 0 Å². The molecule has 1 fully saturated rings. The Morgan fingerprint density at radius 3 is 2.47 bits per heavy atom. The monoisotopic (exact) mass is 271 g/mol. The van der Waals surface area contributed by atoms with Crippen molar-refractivity contribution in [1.82, 2.24) is 15.5 Å². The van der Waals surface area contributed by atoms with Crippen molar-refractivity contribution in [3.05, 3.63) is 0 Å². The van der Waals surface area contributed by atoms with E-state index in [1.54, 1.807) is 18.7 Å². The third-order valence-electron chi connectivity index (χ3n) is 2.83. The van der Waals surface area contributed by atoms with Crippen LogP contribution in [0.1, 0.15) is 26.7 Å². The van der Waals surface area contributed by atoms with Gasteiger partial charge in [-0.3, -0.25) is 9.59 Å². The van der Waals surface area contributed by atoms with Crippen LogP contribution in [0.2, 0.25) is 0 Å². The fourth-order valence-electron chi connectivity index (χ4n) is 1.89. The minimum absolute atomic E-state index is 0.0937. The standard InChI is InChI=1S/C12H21N3O4/c1-3-19-10(16)8-13-12(18)14-9(2)11(17)15-6-4-5-7-15/h9H,3-8H2,1-2H3,(H2,13,14,18). The number of amides is 3. The van der Waals surface area contributed by atoms with Crippen LogP contribution in [0.15, 0.2) is 0 Å². The summed E-state index contributed by atoms with van der Waals surface area (Å²) in [6, 6.07) is -1.15. The van der Waals surface area contributed by atoms with E-state index in [4.69, 9.17) is 0 Å². The minimum atomic E-state index is -0.597. The van der Waals surface area contributed by atoms with E-state index < -0.39 is 18.0 Å². The number of hydrogen-bond acceptors (Lipinski definition) is 4. The first kappa shape index (κ1) is 15.3. The lowest BCUT2D eigenvalue weighted by molar-refractivity contribution is -0.141. The number of likely N-dealkylation sites (tertiary alicyclic amines) is 1. The second-order valence-corrected chi connectivity index (χ2v) is 4.39. The number of rotatable bonds is 5. The first-order chi connectivity index (χ1) is 9.04. The van der Waals surface area contributed by atoms with Crippen molar-refractivity contribution >= 4 is 17.9 Å². The summed E-state index contributed by atoms with van der Waals surface area (Å²) in [4.78, 5) is 36.2. The number of urea groups is 1. The highest BCUT2D eigenvalue weighted by Gasteiger charge is 2.24. The van der Waals surface area contributed by atoms with Gasteiger partial charge in [0.2, 0.25) is 5.91 Å². The van der Waals surface area contributed by atoms with Crippen LogP contribution < -0.4 is 10.6 Å². The first-order valence-corrected chi connectivity index (χ1v) is 6.53. The molecule has 0 aromatic carbocycles. The quantitative estimate of drug-likeness (QED) is 0.681. The van der Waals surface area contributed by atoms with Gasteiger partial charge in [0, 0.05) is 13.1 Å². The number of esters is 1. The van der Waals surface area contributed by atoms with Crippen LogP contribution in [-0.2, 0) is 14.3 Å². The van der Waals surface area contributed by atoms with Crippen LogP contribution in [0.3, 0.4) is 0 Å². The Labute approximate surface area is 112 Å². The van der Waals surface area contributed by atoms with Crippen LogP contribution in [0.5, 0.6) is 0 Å². The molecule has 1 saturated heterocycles. The second kappa shape index (κ2) is 7.60. The maximum atomic E-state index is 11.9. The third kappa shape index (κ3) is 5.15. The minimum Gasteiger partial charge on any atom is -0.465 e. The summed E-state index contributed by atoms with van der Waals surface area (Å²) in [6.07, 6.45) is 2.01. The predicted molar refractivity (Wildman–Crippen MR) is 68.4 cm³/mol. The zero-order valence-corrected chi connectivity index (χ0v) is 11.4. The van der Waals surface area contributed by atoms with Crippen molar-refractivity contribution in [3.63, 3.8) is 0 Å². The number of carbonyl (C=O) groups excluding carboxylic acids is 3. The number of nitrogens with one attached hydrogen (secondary N) is 2. The largest absolute Gasteiger partial charge is 0.465 e. The van der Waals surface area contributed by atoms with Crippen LogP contribution in [0.4, 0.5) is 4.79 Å². The highest BCUT2D eigenvalue weighted by atomic mass is 16.5. The van der Waals surface area contributed by atoms with Crippen molar-refractivity contribution in [3.8, 4) is 0 Å². The van der Waals surface area contributed by atoms with E-state index in [1.807, 2.05) is 0 Å². The van der Waals surface area contributed by atoms with Gasteiger partial charge in [0.1, 0.15) is 12.6 Å². The molecule has 0 saturated carbocycles. The smallest absolute Gasteiger partial charge is 0.325 e. The fourth-order valence-corrected chi connectivity index (χ4v) is 1.89. The van der Waals surface area contributed by atoms with Gasteiger partial charge < -0.3 is 20.3 Å². The predicted octanol–water partition coefficient (Wildman–Crippen LogP) is -0.140. The molecule has 1 atom stereocenters. The maximum absolute atomic E-state index is 11.9. The lowest BCUT2D eigenvalue weighted by atomic mass is 10.3. The van der Waals surface area contributed by atoms with E-state index in [0.717, 1.165) is 25.9 Å². The van der Waals surface area contributed by atoms with Crippen molar-refractivity contribution in [2.24, 2.45) is 0 Å². The topological polar surface area (TPSA) is 87.7 Å². The molecule has 0 aliphatic carbocycles. The summed E-state index contributed by atoms with van der Waals surface area (Å²) in [5.74, 6) is -0.597. The van der Waals surface area contributed by atoms with E-state index in [-0.39, 0.29) is 19.1 Å². The van der Waals surface area contributed by atoms with Crippen molar-refractivity contribution in [2.75, 3.05) is 26.2 Å². The van der Waals surface area contributed by atoms with Crippen LogP contribution >= 0.6 is 0 Å². The normalized spacial score (nSPS) is 15.8. The molecule has 7 nitrogen and oxygen atoms in total. The Kier molecular flexibility index (Phi) is 6.11. The third-order valence-corrected chi connectivity index (χ3v) is 2.83. The van der Waals surface area contributed by atoms with Gasteiger partial charge in [-0.2, -0.15) is 0 Å². The first-order valence-electron chi connectivity index (χ1n) is 6.53. The van der Waals surface area contributed by atoms with Gasteiger partial charge in [0.25, 0.3) is 0 Å². The Bertz CT molecular complexity index is 340. The van der Waals surface area contributed by atoms with Crippen molar-refractivity contribution in [1.29, 1.82) is 0 Å². The summed E-state index contributed by atoms with van der Waals surface area (Å²) in [7, 11) is 0. The van der Waals surface area contributed by atoms with Gasteiger partial charge in [0.15, 0.2) is 0 Å². The van der Waals surface area contributed by atoms with Gasteiger partial charge in [0.05, 0.1) is 6.61 Å². The Morgan fingerprint density at radius 1 is 1.26 bits per heavy atom. The average Bonchev–Trinajstić information content (AvgIpc) is 2.89. The molecule has 108 valence electrons. The highest BCUT2D eigenvalue weighted by molar-refractivity contribution is 5.88. The summed E-state index contributed by atoms with van der Waals surface area (Å²) in [5, 5.41) is 4.85. The van der Waals surface area contributed by atoms with Gasteiger partial charge >= 0.3 is 12.0 Å². The fraction of sp³-hybridized carbons (Fsp3) is 0.750. The molecule has 0 bridgehead atoms. The Balaban J connectivity index is 2.27. The number of ether oxygens (including phenoxy) is 1. The van der Waals surface area contributed by atoms with Crippen LogP contribution in [0, 0.1) is 0 Å². The summed E-state index contributed by atoms with van der Waals surface area (Å²) in [5.41, 5.74) is 0. The van der Waals surface area contributed by atoms with E-state index in [2.05, 4.69) is 15.4 Å². The molecule has 19 heavy (non-hydrogen) atoms. The van der Waals surface area contributed by atoms with Crippen molar-refractivity contribution in [2.45, 2.75) is 32.7 Å². The van der Waals surface area contributed by atoms with Crippen LogP contribution in [0.25, 0.3) is 0 Å². The number of carbonyl (C=O) groups is 3. The molecule has 1 unspecified atom stereocenters. The molecule has 0 aromatic rings. The highest BCUT2D eigenvalue weighted by Crippen LogP contribution is 2.08. The van der Waals surface area contributed by atoms with Gasteiger partial charge in [-0.25, -0.2) is 4.79 Å². The van der Waals surface area contributed by atoms with Crippen molar-refractivity contribution < 1.29 is 19.1 Å². The molecule has 0 radical (unpaired) electrons. The molecule has 0 aromatic heterocycles. The van der Waals surface area contributed by atoms with Gasteiger partial charge in [-0.1, -0.05) is 0 Å². The number of hydrogen-bond donors (Lipinski definition) is 2. The summed E-state index contributed by atoms with van der Waals surface area (Å²) >= 11 is 0. The summed E-state index contributed by atoms with van der Waals surface area (Å²) in [6.45, 7) is 4.88. The molecule has 1 aliphatic heterocycles. The lowest BCUT2D eigenvalue weighted by Crippen LogP contribution is -2.50. The molecule has 1 rings (SSSR count). The maximum Gasteiger partial charge on any atom is 0.325 e. The molecule has 1 aliphatic rings. The molecule has 2 N–H and O–H groups in total. The zero-order valence-electron chi connectivity index (χ0n) is 11.4. The molecular weight excluding hydrogens is 250 g/mol. The Morgan fingerprint density at radius 2 is 1.89 bits per heavy atom. The van der Waals surface area contributed by atoms with E-state index in [0.29, 0.717) is 0 Å². The van der Waals surface area contributed by atoms with Gasteiger partial charge in [-0.05, 0) is 26.7 Å². The molecule has 7 heteroatoms. The molecule has 0 spiro atoms. The Hall–Kier alpha value is -1.79. The SMILES string of the molecule is CCOC(=O)CNC(=O)NC(C)C(=O)N1CCCC1. The second-order valence-electron chi connectivity index (χ2n) is 4.39. The average molecular weight is 271 g/mol. The summed E-state index contributed by atoms with van der Waals surface area (Å²) < 4.78 is 4.67. The molecule has 1 heterocycles. The van der Waals surface area contributed by atoms with E-state index in [9.17, 15) is 14.4 Å². The number of nitrogens with zero attached hydrogens (tertiary/aromatic N) is 1. The molecular formula is C12H21N3O4. The van der Waals surface area contributed by atoms with E-state index >= 15 is 0 Å². The lowest BCUT2D eigenvalue weighted by Gasteiger charge is -2.21. The zero-order chi connectivity index (χ0) is 14.3. The molecule has 3 amide bonds. The van der Waals surface area contributed by atoms with E-state index in [1.165, 1.54) is 0 Å².